The molecule has 0 unspecified atom stereocenters. The fourth-order valence-corrected chi connectivity index (χ4v) is 3.23. The summed E-state index contributed by atoms with van der Waals surface area (Å²) in [5, 5.41) is 16.2. The molecule has 0 aliphatic rings. The van der Waals surface area contributed by atoms with Gasteiger partial charge in [0.1, 0.15) is 0 Å². The van der Waals surface area contributed by atoms with Gasteiger partial charge >= 0.3 is 5.97 Å². The van der Waals surface area contributed by atoms with E-state index in [1.807, 2.05) is 61.9 Å². The summed E-state index contributed by atoms with van der Waals surface area (Å²) in [4.78, 5) is 23.7. The Bertz CT molecular complexity index is 1020. The van der Waals surface area contributed by atoms with E-state index in [9.17, 15) is 9.59 Å². The fraction of sp³-hybridized carbons (Fsp3) is 0.261. The average molecular weight is 391 g/mol. The molecular weight excluding hydrogens is 366 g/mol. The minimum Gasteiger partial charge on any atom is -0.481 e. The monoisotopic (exact) mass is 391 g/mol. The van der Waals surface area contributed by atoms with Crippen LogP contribution in [0.5, 0.6) is 0 Å². The van der Waals surface area contributed by atoms with Crippen LogP contribution in [0.1, 0.15) is 53.4 Å². The Balaban J connectivity index is 1.85. The van der Waals surface area contributed by atoms with Gasteiger partial charge in [0.15, 0.2) is 0 Å². The van der Waals surface area contributed by atoms with Gasteiger partial charge in [-0.3, -0.25) is 9.59 Å². The molecule has 29 heavy (non-hydrogen) atoms. The van der Waals surface area contributed by atoms with Crippen LogP contribution in [0.15, 0.2) is 54.7 Å². The normalized spacial score (nSPS) is 10.9. The molecule has 1 aromatic heterocycles. The third-order valence-corrected chi connectivity index (χ3v) is 4.69. The first kappa shape index (κ1) is 20.3. The van der Waals surface area contributed by atoms with Crippen molar-refractivity contribution in [1.29, 1.82) is 0 Å². The molecule has 6 nitrogen and oxygen atoms in total. The van der Waals surface area contributed by atoms with Crippen LogP contribution in [0, 0.1) is 6.92 Å². The van der Waals surface area contributed by atoms with E-state index in [4.69, 9.17) is 5.11 Å². The maximum atomic E-state index is 13.0. The lowest BCUT2D eigenvalue weighted by Gasteiger charge is -2.13. The van der Waals surface area contributed by atoms with Crippen molar-refractivity contribution in [2.45, 2.75) is 39.5 Å². The van der Waals surface area contributed by atoms with Crippen LogP contribution >= 0.6 is 0 Å². The SMILES string of the molecule is Cc1ccc(-n2ncc(C(=O)Nc3cccc(CCC(=O)O)c3)c2C(C)C)cc1. The molecule has 2 aromatic carbocycles. The molecule has 3 aromatic rings. The molecule has 0 saturated carbocycles. The second-order valence-electron chi connectivity index (χ2n) is 7.39. The zero-order chi connectivity index (χ0) is 21.0. The first-order valence-corrected chi connectivity index (χ1v) is 9.62. The number of hydrogen-bond donors (Lipinski definition) is 2. The topological polar surface area (TPSA) is 84.2 Å². The number of aliphatic carboxylic acids is 1. The molecule has 0 aliphatic heterocycles. The summed E-state index contributed by atoms with van der Waals surface area (Å²) in [6, 6.07) is 15.3. The second-order valence-corrected chi connectivity index (χ2v) is 7.39. The highest BCUT2D eigenvalue weighted by Crippen LogP contribution is 2.24. The van der Waals surface area contributed by atoms with Gasteiger partial charge in [-0.15, -0.1) is 0 Å². The Morgan fingerprint density at radius 1 is 1.14 bits per heavy atom. The summed E-state index contributed by atoms with van der Waals surface area (Å²) in [5.41, 5.74) is 4.94. The molecule has 3 rings (SSSR count). The van der Waals surface area contributed by atoms with Crippen molar-refractivity contribution < 1.29 is 14.7 Å². The molecule has 0 spiro atoms. The Hall–Kier alpha value is -3.41. The van der Waals surface area contributed by atoms with Crippen molar-refractivity contribution >= 4 is 17.6 Å². The van der Waals surface area contributed by atoms with Crippen molar-refractivity contribution in [1.82, 2.24) is 9.78 Å². The zero-order valence-electron chi connectivity index (χ0n) is 16.8. The predicted molar refractivity (Wildman–Crippen MR) is 113 cm³/mol. The summed E-state index contributed by atoms with van der Waals surface area (Å²) in [6.45, 7) is 6.09. The summed E-state index contributed by atoms with van der Waals surface area (Å²) in [7, 11) is 0. The summed E-state index contributed by atoms with van der Waals surface area (Å²) >= 11 is 0. The number of hydrogen-bond acceptors (Lipinski definition) is 3. The highest BCUT2D eigenvalue weighted by Gasteiger charge is 2.21. The first-order valence-electron chi connectivity index (χ1n) is 9.62. The van der Waals surface area contributed by atoms with E-state index < -0.39 is 5.97 Å². The number of aryl methyl sites for hydroxylation is 2. The molecule has 1 amide bonds. The molecular formula is C23H25N3O3. The highest BCUT2D eigenvalue weighted by atomic mass is 16.4. The summed E-state index contributed by atoms with van der Waals surface area (Å²) < 4.78 is 1.81. The number of nitrogens with one attached hydrogen (secondary N) is 1. The van der Waals surface area contributed by atoms with E-state index in [2.05, 4.69) is 10.4 Å². The van der Waals surface area contributed by atoms with Crippen LogP contribution in [-0.2, 0) is 11.2 Å². The van der Waals surface area contributed by atoms with E-state index >= 15 is 0 Å². The van der Waals surface area contributed by atoms with Crippen molar-refractivity contribution in [2.75, 3.05) is 5.32 Å². The lowest BCUT2D eigenvalue weighted by Crippen LogP contribution is -2.15. The first-order chi connectivity index (χ1) is 13.8. The summed E-state index contributed by atoms with van der Waals surface area (Å²) in [5.74, 6) is -0.978. The number of rotatable bonds is 7. The number of carboxylic acid groups (broad SMARTS) is 1. The molecule has 1 heterocycles. The average Bonchev–Trinajstić information content (AvgIpc) is 3.13. The van der Waals surface area contributed by atoms with Crippen molar-refractivity contribution in [3.05, 3.63) is 77.1 Å². The van der Waals surface area contributed by atoms with Gasteiger partial charge < -0.3 is 10.4 Å². The highest BCUT2D eigenvalue weighted by molar-refractivity contribution is 6.05. The number of aromatic nitrogens is 2. The number of nitrogens with zero attached hydrogens (tertiary/aromatic N) is 2. The van der Waals surface area contributed by atoms with Crippen LogP contribution in [0.25, 0.3) is 5.69 Å². The predicted octanol–water partition coefficient (Wildman–Crippen LogP) is 4.57. The van der Waals surface area contributed by atoms with E-state index in [0.717, 1.165) is 22.5 Å². The Labute approximate surface area is 170 Å². The number of anilines is 1. The van der Waals surface area contributed by atoms with Gasteiger partial charge in [0.25, 0.3) is 5.91 Å². The van der Waals surface area contributed by atoms with Crippen molar-refractivity contribution in [3.63, 3.8) is 0 Å². The lowest BCUT2D eigenvalue weighted by atomic mass is 10.0. The maximum Gasteiger partial charge on any atom is 0.303 e. The number of benzene rings is 2. The van der Waals surface area contributed by atoms with Gasteiger partial charge in [-0.1, -0.05) is 43.7 Å². The number of amides is 1. The smallest absolute Gasteiger partial charge is 0.303 e. The zero-order valence-corrected chi connectivity index (χ0v) is 16.8. The summed E-state index contributed by atoms with van der Waals surface area (Å²) in [6.07, 6.45) is 2.07. The van der Waals surface area contributed by atoms with E-state index in [0.29, 0.717) is 17.7 Å². The minimum absolute atomic E-state index is 0.0538. The maximum absolute atomic E-state index is 13.0. The van der Waals surface area contributed by atoms with Gasteiger partial charge in [-0.2, -0.15) is 5.10 Å². The van der Waals surface area contributed by atoms with Crippen LogP contribution in [0.3, 0.4) is 0 Å². The number of carbonyl (C=O) groups is 2. The van der Waals surface area contributed by atoms with Gasteiger partial charge in [0.05, 0.1) is 23.1 Å². The van der Waals surface area contributed by atoms with Gasteiger partial charge in [-0.25, -0.2) is 4.68 Å². The molecule has 0 fully saturated rings. The fourth-order valence-electron chi connectivity index (χ4n) is 3.23. The molecule has 2 N–H and O–H groups in total. The van der Waals surface area contributed by atoms with Crippen molar-refractivity contribution in [3.8, 4) is 5.69 Å². The number of carbonyl (C=O) groups excluding carboxylic acids is 1. The van der Waals surface area contributed by atoms with Crippen molar-refractivity contribution in [2.24, 2.45) is 0 Å². The Kier molecular flexibility index (Phi) is 6.12. The Morgan fingerprint density at radius 2 is 1.86 bits per heavy atom. The standard InChI is InChI=1S/C23H25N3O3/c1-15(2)22-20(14-24-26(22)19-10-7-16(3)8-11-19)23(29)25-18-6-4-5-17(13-18)9-12-21(27)28/h4-8,10-11,13-15H,9,12H2,1-3H3,(H,25,29)(H,27,28). The third-order valence-electron chi connectivity index (χ3n) is 4.69. The third kappa shape index (κ3) is 4.90. The second kappa shape index (κ2) is 8.73. The minimum atomic E-state index is -0.843. The molecule has 0 radical (unpaired) electrons. The Morgan fingerprint density at radius 3 is 2.52 bits per heavy atom. The molecule has 150 valence electrons. The van der Waals surface area contributed by atoms with E-state index in [1.54, 1.807) is 18.3 Å². The van der Waals surface area contributed by atoms with Crippen LogP contribution in [0.4, 0.5) is 5.69 Å². The van der Waals surface area contributed by atoms with Gasteiger partial charge in [0.2, 0.25) is 0 Å². The van der Waals surface area contributed by atoms with Crippen LogP contribution in [-0.4, -0.2) is 26.8 Å². The van der Waals surface area contributed by atoms with Crippen LogP contribution in [0.2, 0.25) is 0 Å². The van der Waals surface area contributed by atoms with E-state index in [-0.39, 0.29) is 18.2 Å². The molecule has 6 heteroatoms. The molecule has 0 aliphatic carbocycles. The quantitative estimate of drug-likeness (QED) is 0.618. The number of carboxylic acids is 1. The molecule has 0 bridgehead atoms. The largest absolute Gasteiger partial charge is 0.481 e. The van der Waals surface area contributed by atoms with Crippen LogP contribution < -0.4 is 5.32 Å². The lowest BCUT2D eigenvalue weighted by molar-refractivity contribution is -0.136. The van der Waals surface area contributed by atoms with Gasteiger partial charge in [-0.05, 0) is 49.1 Å². The van der Waals surface area contributed by atoms with Gasteiger partial charge in [0, 0.05) is 12.1 Å². The van der Waals surface area contributed by atoms with E-state index in [1.165, 1.54) is 0 Å². The molecule has 0 atom stereocenters. The molecule has 0 saturated heterocycles.